The van der Waals surface area contributed by atoms with Gasteiger partial charge in [0.1, 0.15) is 6.10 Å². The Morgan fingerprint density at radius 2 is 2.23 bits per heavy atom. The number of likely N-dealkylation sites (tertiary alicyclic amines) is 1. The second kappa shape index (κ2) is 7.24. The number of ether oxygens (including phenoxy) is 1. The Hall–Kier alpha value is -1.40. The van der Waals surface area contributed by atoms with Gasteiger partial charge >= 0.3 is 0 Å². The molecule has 3 rings (SSSR count). The zero-order chi connectivity index (χ0) is 15.4. The molecule has 1 atom stereocenters. The average Bonchev–Trinajstić information content (AvgIpc) is 3.19. The van der Waals surface area contributed by atoms with Gasteiger partial charge in [-0.2, -0.15) is 5.10 Å². The maximum atomic E-state index is 11.9. The van der Waals surface area contributed by atoms with Crippen molar-refractivity contribution in [3.63, 3.8) is 0 Å². The van der Waals surface area contributed by atoms with E-state index in [0.29, 0.717) is 5.92 Å². The maximum absolute atomic E-state index is 11.9. The molecule has 2 aliphatic rings. The first kappa shape index (κ1) is 15.5. The van der Waals surface area contributed by atoms with Crippen LogP contribution in [0.2, 0.25) is 0 Å². The topological polar surface area (TPSA) is 59.4 Å². The monoisotopic (exact) mass is 306 g/mol. The number of aromatic nitrogens is 2. The number of amides is 1. The maximum Gasteiger partial charge on any atom is 0.249 e. The summed E-state index contributed by atoms with van der Waals surface area (Å²) in [6.07, 6.45) is 5.81. The third-order valence-electron chi connectivity index (χ3n) is 4.80. The molecule has 3 heterocycles. The van der Waals surface area contributed by atoms with E-state index in [4.69, 9.17) is 4.74 Å². The van der Waals surface area contributed by atoms with E-state index >= 15 is 0 Å². The summed E-state index contributed by atoms with van der Waals surface area (Å²) in [5, 5.41) is 7.28. The molecule has 22 heavy (non-hydrogen) atoms. The van der Waals surface area contributed by atoms with Gasteiger partial charge in [0, 0.05) is 32.9 Å². The molecule has 6 nitrogen and oxygen atoms in total. The molecule has 0 aliphatic carbocycles. The molecule has 2 fully saturated rings. The van der Waals surface area contributed by atoms with Crippen molar-refractivity contribution in [2.24, 2.45) is 13.0 Å². The molecule has 1 N–H and O–H groups in total. The summed E-state index contributed by atoms with van der Waals surface area (Å²) >= 11 is 0. The predicted octanol–water partition coefficient (Wildman–Crippen LogP) is 0.927. The molecule has 0 aromatic carbocycles. The standard InChI is InChI=1S/C16H26N4O2/c1-19-14(4-7-18-19)12-20-8-5-13(6-9-20)11-17-16(21)15-3-2-10-22-15/h4,7,13,15H,2-3,5-6,8-12H2,1H3,(H,17,21)/t15-/m1/s1. The molecule has 2 aliphatic heterocycles. The van der Waals surface area contributed by atoms with E-state index in [-0.39, 0.29) is 12.0 Å². The zero-order valence-electron chi connectivity index (χ0n) is 13.3. The van der Waals surface area contributed by atoms with Gasteiger partial charge in [-0.3, -0.25) is 14.4 Å². The first-order chi connectivity index (χ1) is 10.7. The Labute approximate surface area is 131 Å². The van der Waals surface area contributed by atoms with Crippen LogP contribution in [0.3, 0.4) is 0 Å². The van der Waals surface area contributed by atoms with E-state index < -0.39 is 0 Å². The molecule has 122 valence electrons. The van der Waals surface area contributed by atoms with Gasteiger partial charge < -0.3 is 10.1 Å². The number of nitrogens with zero attached hydrogens (tertiary/aromatic N) is 3. The molecule has 6 heteroatoms. The van der Waals surface area contributed by atoms with E-state index in [0.717, 1.165) is 58.5 Å². The smallest absolute Gasteiger partial charge is 0.249 e. The molecule has 0 radical (unpaired) electrons. The average molecular weight is 306 g/mol. The van der Waals surface area contributed by atoms with Gasteiger partial charge in [-0.1, -0.05) is 0 Å². The first-order valence-corrected chi connectivity index (χ1v) is 8.31. The summed E-state index contributed by atoms with van der Waals surface area (Å²) < 4.78 is 7.35. The number of hydrogen-bond donors (Lipinski definition) is 1. The van der Waals surface area contributed by atoms with E-state index in [2.05, 4.69) is 21.4 Å². The lowest BCUT2D eigenvalue weighted by Crippen LogP contribution is -2.41. The van der Waals surface area contributed by atoms with E-state index in [1.807, 2.05) is 17.9 Å². The summed E-state index contributed by atoms with van der Waals surface area (Å²) in [7, 11) is 1.99. The van der Waals surface area contributed by atoms with Crippen molar-refractivity contribution < 1.29 is 9.53 Å². The van der Waals surface area contributed by atoms with Crippen LogP contribution in [0.15, 0.2) is 12.3 Å². The Balaban J connectivity index is 1.36. The molecular formula is C16H26N4O2. The van der Waals surface area contributed by atoms with Crippen LogP contribution >= 0.6 is 0 Å². The Kier molecular flexibility index (Phi) is 5.10. The SMILES string of the molecule is Cn1nccc1CN1CCC(CNC(=O)[C@H]2CCCO2)CC1. The molecule has 0 unspecified atom stereocenters. The minimum atomic E-state index is -0.204. The van der Waals surface area contributed by atoms with Crippen molar-refractivity contribution in [2.45, 2.75) is 38.3 Å². The van der Waals surface area contributed by atoms with Crippen molar-refractivity contribution in [2.75, 3.05) is 26.2 Å². The molecular weight excluding hydrogens is 280 g/mol. The van der Waals surface area contributed by atoms with Gasteiger partial charge in [0.05, 0.1) is 5.69 Å². The largest absolute Gasteiger partial charge is 0.368 e. The summed E-state index contributed by atoms with van der Waals surface area (Å²) in [6.45, 7) is 4.66. The lowest BCUT2D eigenvalue weighted by Gasteiger charge is -2.32. The van der Waals surface area contributed by atoms with Crippen LogP contribution in [0.5, 0.6) is 0 Å². The number of carbonyl (C=O) groups is 1. The quantitative estimate of drug-likeness (QED) is 0.879. The predicted molar refractivity (Wildman–Crippen MR) is 83.2 cm³/mol. The number of carbonyl (C=O) groups excluding carboxylic acids is 1. The van der Waals surface area contributed by atoms with Gasteiger partial charge in [-0.05, 0) is 50.8 Å². The second-order valence-electron chi connectivity index (χ2n) is 6.41. The minimum Gasteiger partial charge on any atom is -0.368 e. The minimum absolute atomic E-state index is 0.0785. The molecule has 0 bridgehead atoms. The van der Waals surface area contributed by atoms with Crippen molar-refractivity contribution in [3.8, 4) is 0 Å². The molecule has 1 aromatic rings. The van der Waals surface area contributed by atoms with E-state index in [1.165, 1.54) is 5.69 Å². The highest BCUT2D eigenvalue weighted by Crippen LogP contribution is 2.19. The highest BCUT2D eigenvalue weighted by molar-refractivity contribution is 5.80. The number of hydrogen-bond acceptors (Lipinski definition) is 4. The molecule has 2 saturated heterocycles. The zero-order valence-corrected chi connectivity index (χ0v) is 13.3. The van der Waals surface area contributed by atoms with Crippen molar-refractivity contribution in [1.82, 2.24) is 20.0 Å². The van der Waals surface area contributed by atoms with Crippen LogP contribution in [0, 0.1) is 5.92 Å². The Morgan fingerprint density at radius 3 is 2.86 bits per heavy atom. The summed E-state index contributed by atoms with van der Waals surface area (Å²) in [5.74, 6) is 0.669. The van der Waals surface area contributed by atoms with Gasteiger partial charge in [-0.15, -0.1) is 0 Å². The van der Waals surface area contributed by atoms with Crippen LogP contribution in [0.25, 0.3) is 0 Å². The van der Waals surface area contributed by atoms with Crippen molar-refractivity contribution in [1.29, 1.82) is 0 Å². The number of piperidine rings is 1. The molecule has 1 aromatic heterocycles. The van der Waals surface area contributed by atoms with Crippen molar-refractivity contribution >= 4 is 5.91 Å². The van der Waals surface area contributed by atoms with Gasteiger partial charge in [0.2, 0.25) is 5.91 Å². The van der Waals surface area contributed by atoms with Crippen LogP contribution in [-0.4, -0.2) is 52.9 Å². The lowest BCUT2D eigenvalue weighted by molar-refractivity contribution is -0.130. The fraction of sp³-hybridized carbons (Fsp3) is 0.750. The van der Waals surface area contributed by atoms with Gasteiger partial charge in [-0.25, -0.2) is 0 Å². The lowest BCUT2D eigenvalue weighted by atomic mass is 9.96. The summed E-state index contributed by atoms with van der Waals surface area (Å²) in [6, 6.07) is 2.08. The number of nitrogens with one attached hydrogen (secondary N) is 1. The molecule has 0 saturated carbocycles. The Bertz CT molecular complexity index is 488. The number of aryl methyl sites for hydroxylation is 1. The Morgan fingerprint density at radius 1 is 1.41 bits per heavy atom. The fourth-order valence-electron chi connectivity index (χ4n) is 3.28. The van der Waals surface area contributed by atoms with Gasteiger partial charge in [0.15, 0.2) is 0 Å². The van der Waals surface area contributed by atoms with Crippen LogP contribution in [-0.2, 0) is 23.1 Å². The second-order valence-corrected chi connectivity index (χ2v) is 6.41. The molecule has 0 spiro atoms. The third kappa shape index (κ3) is 3.87. The molecule has 1 amide bonds. The van der Waals surface area contributed by atoms with Gasteiger partial charge in [0.25, 0.3) is 0 Å². The van der Waals surface area contributed by atoms with Crippen LogP contribution in [0.1, 0.15) is 31.4 Å². The highest BCUT2D eigenvalue weighted by Gasteiger charge is 2.25. The van der Waals surface area contributed by atoms with Crippen LogP contribution < -0.4 is 5.32 Å². The summed E-state index contributed by atoms with van der Waals surface area (Å²) in [4.78, 5) is 14.4. The number of rotatable bonds is 5. The van der Waals surface area contributed by atoms with E-state index in [1.54, 1.807) is 0 Å². The highest BCUT2D eigenvalue weighted by atomic mass is 16.5. The normalized spacial score (nSPS) is 23.8. The van der Waals surface area contributed by atoms with E-state index in [9.17, 15) is 4.79 Å². The van der Waals surface area contributed by atoms with Crippen LogP contribution in [0.4, 0.5) is 0 Å². The summed E-state index contributed by atoms with van der Waals surface area (Å²) in [5.41, 5.74) is 1.25. The fourth-order valence-corrected chi connectivity index (χ4v) is 3.28. The van der Waals surface area contributed by atoms with Crippen molar-refractivity contribution in [3.05, 3.63) is 18.0 Å². The third-order valence-corrected chi connectivity index (χ3v) is 4.80. The first-order valence-electron chi connectivity index (χ1n) is 8.31.